The Labute approximate surface area is 170 Å². The minimum absolute atomic E-state index is 0.108. The van der Waals surface area contributed by atoms with Gasteiger partial charge < -0.3 is 14.2 Å². The molecule has 29 heavy (non-hydrogen) atoms. The molecule has 1 saturated carbocycles. The number of hydrogen-bond donors (Lipinski definition) is 0. The van der Waals surface area contributed by atoms with Crippen LogP contribution in [0.3, 0.4) is 0 Å². The molecule has 7 heteroatoms. The van der Waals surface area contributed by atoms with Crippen molar-refractivity contribution < 1.29 is 14.3 Å². The summed E-state index contributed by atoms with van der Waals surface area (Å²) >= 11 is 0. The van der Waals surface area contributed by atoms with Crippen molar-refractivity contribution in [1.82, 2.24) is 19.4 Å². The van der Waals surface area contributed by atoms with E-state index in [4.69, 9.17) is 4.74 Å². The molecule has 1 aliphatic carbocycles. The van der Waals surface area contributed by atoms with Crippen LogP contribution in [-0.4, -0.2) is 50.5 Å². The number of amides is 3. The summed E-state index contributed by atoms with van der Waals surface area (Å²) in [5.41, 5.74) is 0.771. The molecule has 0 radical (unpaired) electrons. The van der Waals surface area contributed by atoms with E-state index in [-0.39, 0.29) is 24.0 Å². The summed E-state index contributed by atoms with van der Waals surface area (Å²) in [6.07, 6.45) is 8.75. The van der Waals surface area contributed by atoms with Crippen molar-refractivity contribution in [3.8, 4) is 5.75 Å². The Balaban J connectivity index is 1.60. The molecule has 4 atom stereocenters. The van der Waals surface area contributed by atoms with Gasteiger partial charge in [-0.2, -0.15) is 0 Å². The van der Waals surface area contributed by atoms with E-state index in [9.17, 15) is 9.59 Å². The molecule has 1 aromatic carbocycles. The highest BCUT2D eigenvalue weighted by Gasteiger charge is 2.57. The lowest BCUT2D eigenvalue weighted by molar-refractivity contribution is -0.129. The summed E-state index contributed by atoms with van der Waals surface area (Å²) in [5.74, 6) is 1.64. The predicted molar refractivity (Wildman–Crippen MR) is 106 cm³/mol. The van der Waals surface area contributed by atoms with Gasteiger partial charge >= 0.3 is 6.03 Å². The minimum Gasteiger partial charge on any atom is -0.496 e. The van der Waals surface area contributed by atoms with Crippen molar-refractivity contribution in [3.63, 3.8) is 0 Å². The van der Waals surface area contributed by atoms with Gasteiger partial charge in [-0.05, 0) is 31.2 Å². The number of aryl methyl sites for hydroxylation is 1. The zero-order valence-corrected chi connectivity index (χ0v) is 16.8. The fourth-order valence-corrected chi connectivity index (χ4v) is 5.50. The standard InChI is InChI=1S/C22H26N4O3/c1-24-12-11-23-20(24)19(15-8-4-6-10-18(15)29-2)26-21(27)17-13-14-7-3-5-9-16(14)25(17)22(26)28/h4,6,8,10-12,14,16-17,19H,3,5,7,9,13H2,1-2H3. The van der Waals surface area contributed by atoms with Crippen molar-refractivity contribution in [1.29, 1.82) is 0 Å². The molecule has 7 nitrogen and oxygen atoms in total. The zero-order valence-electron chi connectivity index (χ0n) is 16.8. The first-order valence-electron chi connectivity index (χ1n) is 10.4. The molecule has 1 aromatic heterocycles. The predicted octanol–water partition coefficient (Wildman–Crippen LogP) is 3.11. The average Bonchev–Trinajstić information content (AvgIpc) is 3.40. The third-order valence-corrected chi connectivity index (χ3v) is 6.83. The topological polar surface area (TPSA) is 67.7 Å². The zero-order chi connectivity index (χ0) is 20.1. The molecular formula is C22H26N4O3. The number of nitrogens with zero attached hydrogens (tertiary/aromatic N) is 4. The van der Waals surface area contributed by atoms with Crippen LogP contribution in [0.25, 0.3) is 0 Å². The van der Waals surface area contributed by atoms with Gasteiger partial charge in [0.2, 0.25) is 0 Å². The highest BCUT2D eigenvalue weighted by atomic mass is 16.5. The van der Waals surface area contributed by atoms with Crippen LogP contribution in [0.15, 0.2) is 36.7 Å². The molecule has 0 N–H and O–H groups in total. The van der Waals surface area contributed by atoms with Gasteiger partial charge in [-0.25, -0.2) is 14.7 Å². The summed E-state index contributed by atoms with van der Waals surface area (Å²) in [7, 11) is 3.49. The molecule has 2 aromatic rings. The summed E-state index contributed by atoms with van der Waals surface area (Å²) in [4.78, 5) is 35.0. The van der Waals surface area contributed by atoms with Gasteiger partial charge in [0.1, 0.15) is 23.7 Å². The molecule has 3 aliphatic rings. The van der Waals surface area contributed by atoms with Crippen molar-refractivity contribution in [2.45, 2.75) is 50.2 Å². The molecule has 3 heterocycles. The van der Waals surface area contributed by atoms with E-state index in [0.29, 0.717) is 17.5 Å². The van der Waals surface area contributed by atoms with Crippen LogP contribution < -0.4 is 4.74 Å². The molecule has 0 bridgehead atoms. The van der Waals surface area contributed by atoms with Gasteiger partial charge in [0.25, 0.3) is 5.91 Å². The lowest BCUT2D eigenvalue weighted by Gasteiger charge is -2.33. The normalized spacial score (nSPS) is 27.2. The number of imide groups is 1. The first kappa shape index (κ1) is 18.2. The maximum Gasteiger partial charge on any atom is 0.328 e. The summed E-state index contributed by atoms with van der Waals surface area (Å²) in [6, 6.07) is 6.60. The number of benzene rings is 1. The van der Waals surface area contributed by atoms with Gasteiger partial charge in [-0.15, -0.1) is 0 Å². The van der Waals surface area contributed by atoms with Crippen LogP contribution >= 0.6 is 0 Å². The molecule has 152 valence electrons. The van der Waals surface area contributed by atoms with Gasteiger partial charge in [-0.3, -0.25) is 4.79 Å². The van der Waals surface area contributed by atoms with E-state index in [0.717, 1.165) is 31.2 Å². The SMILES string of the molecule is COc1ccccc1C(c1nccn1C)N1C(=O)C2CC3CCCCC3N2C1=O. The second kappa shape index (κ2) is 6.90. The van der Waals surface area contributed by atoms with Crippen molar-refractivity contribution in [2.75, 3.05) is 7.11 Å². The van der Waals surface area contributed by atoms with Crippen LogP contribution in [0.4, 0.5) is 4.79 Å². The highest BCUT2D eigenvalue weighted by Crippen LogP contribution is 2.46. The number of carbonyl (C=O) groups is 2. The number of hydrogen-bond acceptors (Lipinski definition) is 4. The van der Waals surface area contributed by atoms with Crippen LogP contribution in [0.5, 0.6) is 5.75 Å². The molecule has 3 amide bonds. The molecular weight excluding hydrogens is 368 g/mol. The van der Waals surface area contributed by atoms with E-state index in [1.807, 2.05) is 47.0 Å². The number of imidazole rings is 1. The maximum atomic E-state index is 13.6. The molecule has 3 fully saturated rings. The van der Waals surface area contributed by atoms with Crippen LogP contribution in [-0.2, 0) is 11.8 Å². The third-order valence-electron chi connectivity index (χ3n) is 6.83. The lowest BCUT2D eigenvalue weighted by atomic mass is 9.84. The Morgan fingerprint density at radius 2 is 1.97 bits per heavy atom. The number of urea groups is 1. The largest absolute Gasteiger partial charge is 0.496 e. The second-order valence-corrected chi connectivity index (χ2v) is 8.30. The smallest absolute Gasteiger partial charge is 0.328 e. The number of methoxy groups -OCH3 is 1. The minimum atomic E-state index is -0.612. The van der Waals surface area contributed by atoms with Gasteiger partial charge in [0.05, 0.1) is 7.11 Å². The van der Waals surface area contributed by atoms with Gasteiger partial charge in [-0.1, -0.05) is 31.0 Å². The van der Waals surface area contributed by atoms with E-state index in [1.54, 1.807) is 13.3 Å². The summed E-state index contributed by atoms with van der Waals surface area (Å²) in [6.45, 7) is 0. The Morgan fingerprint density at radius 3 is 2.72 bits per heavy atom. The van der Waals surface area contributed by atoms with Crippen LogP contribution in [0, 0.1) is 5.92 Å². The third kappa shape index (κ3) is 2.67. The van der Waals surface area contributed by atoms with Crippen molar-refractivity contribution in [2.24, 2.45) is 13.0 Å². The molecule has 2 saturated heterocycles. The number of ether oxygens (including phenoxy) is 1. The van der Waals surface area contributed by atoms with E-state index < -0.39 is 6.04 Å². The number of carbonyl (C=O) groups excluding carboxylic acids is 2. The Kier molecular flexibility index (Phi) is 4.33. The van der Waals surface area contributed by atoms with Crippen LogP contribution in [0.2, 0.25) is 0 Å². The second-order valence-electron chi connectivity index (χ2n) is 8.30. The van der Waals surface area contributed by atoms with E-state index >= 15 is 0 Å². The number of rotatable bonds is 4. The fraction of sp³-hybridized carbons (Fsp3) is 0.500. The van der Waals surface area contributed by atoms with E-state index in [2.05, 4.69) is 4.98 Å². The first-order valence-corrected chi connectivity index (χ1v) is 10.4. The first-order chi connectivity index (χ1) is 14.1. The Hall–Kier alpha value is -2.83. The average molecular weight is 394 g/mol. The summed E-state index contributed by atoms with van der Waals surface area (Å²) in [5, 5.41) is 0. The number of para-hydroxylation sites is 1. The van der Waals surface area contributed by atoms with Crippen molar-refractivity contribution >= 4 is 11.9 Å². The van der Waals surface area contributed by atoms with Crippen molar-refractivity contribution in [3.05, 3.63) is 48.0 Å². The fourth-order valence-electron chi connectivity index (χ4n) is 5.50. The number of fused-ring (bicyclic) bond motifs is 3. The van der Waals surface area contributed by atoms with E-state index in [1.165, 1.54) is 11.3 Å². The summed E-state index contributed by atoms with van der Waals surface area (Å²) < 4.78 is 7.44. The van der Waals surface area contributed by atoms with Gasteiger partial charge in [0, 0.05) is 31.0 Å². The van der Waals surface area contributed by atoms with Gasteiger partial charge in [0.15, 0.2) is 0 Å². The highest BCUT2D eigenvalue weighted by molar-refractivity contribution is 6.05. The monoisotopic (exact) mass is 394 g/mol. The molecule has 2 aliphatic heterocycles. The molecule has 0 spiro atoms. The lowest BCUT2D eigenvalue weighted by Crippen LogP contribution is -2.43. The Morgan fingerprint density at radius 1 is 1.17 bits per heavy atom. The molecule has 5 rings (SSSR count). The van der Waals surface area contributed by atoms with Crippen LogP contribution in [0.1, 0.15) is 49.5 Å². The Bertz CT molecular complexity index is 955. The number of aromatic nitrogens is 2. The quantitative estimate of drug-likeness (QED) is 0.748. The molecule has 4 unspecified atom stereocenters. The maximum absolute atomic E-state index is 13.6.